The lowest BCUT2D eigenvalue weighted by atomic mass is 9.49. The zero-order valence-electron chi connectivity index (χ0n) is 13.8. The molecule has 5 aliphatic rings. The molecule has 0 spiro atoms. The highest BCUT2D eigenvalue weighted by Crippen LogP contribution is 2.64. The van der Waals surface area contributed by atoms with E-state index in [0.29, 0.717) is 17.8 Å². The number of ether oxygens (including phenoxy) is 1. The van der Waals surface area contributed by atoms with E-state index in [2.05, 4.69) is 21.2 Å². The number of rotatable bonds is 5. The fraction of sp³-hybridized carbons (Fsp3) is 0.889. The van der Waals surface area contributed by atoms with Gasteiger partial charge in [-0.3, -0.25) is 9.59 Å². The summed E-state index contributed by atoms with van der Waals surface area (Å²) < 4.78 is 5.60. The minimum atomic E-state index is -0.337. The van der Waals surface area contributed by atoms with Crippen LogP contribution < -0.4 is 5.32 Å². The van der Waals surface area contributed by atoms with Gasteiger partial charge in [-0.05, 0) is 76.0 Å². The van der Waals surface area contributed by atoms with Crippen molar-refractivity contribution in [3.05, 3.63) is 0 Å². The van der Waals surface area contributed by atoms with E-state index in [1.54, 1.807) is 0 Å². The summed E-state index contributed by atoms with van der Waals surface area (Å²) in [6.07, 6.45) is 8.83. The Balaban J connectivity index is 1.34. The van der Waals surface area contributed by atoms with E-state index in [1.165, 1.54) is 32.1 Å². The molecule has 0 aliphatic heterocycles. The second-order valence-corrected chi connectivity index (χ2v) is 10.3. The van der Waals surface area contributed by atoms with Crippen molar-refractivity contribution >= 4 is 27.8 Å². The molecule has 0 saturated heterocycles. The van der Waals surface area contributed by atoms with Crippen LogP contribution in [-0.2, 0) is 14.3 Å². The van der Waals surface area contributed by atoms with Gasteiger partial charge in [0.15, 0.2) is 6.61 Å². The highest BCUT2D eigenvalue weighted by Gasteiger charge is 2.60. The zero-order chi connectivity index (χ0) is 16.2. The van der Waals surface area contributed by atoms with Gasteiger partial charge in [-0.1, -0.05) is 15.9 Å². The van der Waals surface area contributed by atoms with E-state index in [0.717, 1.165) is 19.3 Å². The standard InChI is InChI=1S/C18H26BrNO3/c1-11(14-2-3-14)20-15(21)9-23-16(22)17-5-12-4-13(6-17)8-18(19,7-12)10-17/h11-14H,2-10H2,1H3,(H,20,21)/t11-,12-,13+,17?,18?/m0/s1. The van der Waals surface area contributed by atoms with Crippen LogP contribution >= 0.6 is 15.9 Å². The molecular formula is C18H26BrNO3. The van der Waals surface area contributed by atoms with Crippen LogP contribution in [0.5, 0.6) is 0 Å². The average molecular weight is 384 g/mol. The van der Waals surface area contributed by atoms with Gasteiger partial charge in [0.1, 0.15) is 0 Å². The van der Waals surface area contributed by atoms with Crippen molar-refractivity contribution in [1.29, 1.82) is 0 Å². The largest absolute Gasteiger partial charge is 0.455 e. The number of nitrogens with one attached hydrogen (secondary N) is 1. The minimum absolute atomic E-state index is 0.123. The molecule has 0 aromatic carbocycles. The summed E-state index contributed by atoms with van der Waals surface area (Å²) in [6, 6.07) is 0.201. The van der Waals surface area contributed by atoms with Gasteiger partial charge in [0.25, 0.3) is 5.91 Å². The van der Waals surface area contributed by atoms with Crippen LogP contribution in [-0.4, -0.2) is 28.8 Å². The summed E-state index contributed by atoms with van der Waals surface area (Å²) in [6.45, 7) is 1.91. The average Bonchev–Trinajstić information content (AvgIpc) is 3.26. The van der Waals surface area contributed by atoms with Gasteiger partial charge in [-0.15, -0.1) is 0 Å². The van der Waals surface area contributed by atoms with Gasteiger partial charge in [0.05, 0.1) is 5.41 Å². The maximum Gasteiger partial charge on any atom is 0.312 e. The maximum atomic E-state index is 12.8. The molecule has 0 radical (unpaired) electrons. The Kier molecular flexibility index (Phi) is 3.78. The second kappa shape index (κ2) is 5.47. The molecule has 5 fully saturated rings. The van der Waals surface area contributed by atoms with E-state index in [4.69, 9.17) is 4.74 Å². The minimum Gasteiger partial charge on any atom is -0.455 e. The van der Waals surface area contributed by atoms with Gasteiger partial charge in [0.2, 0.25) is 0 Å². The van der Waals surface area contributed by atoms with Crippen molar-refractivity contribution in [1.82, 2.24) is 5.32 Å². The van der Waals surface area contributed by atoms with E-state index < -0.39 is 0 Å². The lowest BCUT2D eigenvalue weighted by Crippen LogP contribution is -2.56. The van der Waals surface area contributed by atoms with Crippen LogP contribution in [0.25, 0.3) is 0 Å². The Morgan fingerprint density at radius 3 is 2.43 bits per heavy atom. The molecule has 4 nitrogen and oxygen atoms in total. The van der Waals surface area contributed by atoms with Crippen LogP contribution in [0.4, 0.5) is 0 Å². The van der Waals surface area contributed by atoms with Crippen LogP contribution in [0.15, 0.2) is 0 Å². The fourth-order valence-corrected chi connectivity index (χ4v) is 7.14. The quantitative estimate of drug-likeness (QED) is 0.585. The number of hydrogen-bond acceptors (Lipinski definition) is 3. The molecule has 0 heterocycles. The van der Waals surface area contributed by atoms with Crippen molar-refractivity contribution in [2.24, 2.45) is 23.2 Å². The Hall–Kier alpha value is -0.580. The van der Waals surface area contributed by atoms with Gasteiger partial charge < -0.3 is 10.1 Å². The van der Waals surface area contributed by atoms with Crippen molar-refractivity contribution in [2.75, 3.05) is 6.61 Å². The highest BCUT2D eigenvalue weighted by atomic mass is 79.9. The van der Waals surface area contributed by atoms with E-state index in [1.807, 2.05) is 6.92 Å². The Morgan fingerprint density at radius 1 is 1.22 bits per heavy atom. The normalized spacial score (nSPS) is 42.3. The van der Waals surface area contributed by atoms with Crippen molar-refractivity contribution in [3.63, 3.8) is 0 Å². The zero-order valence-corrected chi connectivity index (χ0v) is 15.4. The van der Waals surface area contributed by atoms with Gasteiger partial charge in [-0.2, -0.15) is 0 Å². The lowest BCUT2D eigenvalue weighted by molar-refractivity contribution is -0.171. The molecule has 5 rings (SSSR count). The smallest absolute Gasteiger partial charge is 0.312 e. The first-order valence-corrected chi connectivity index (χ1v) is 9.82. The Labute approximate surface area is 146 Å². The Morgan fingerprint density at radius 2 is 1.87 bits per heavy atom. The SMILES string of the molecule is C[C@H](NC(=O)COC(=O)C12C[C@@H]3C[C@@H](CC(Br)(C3)C1)C2)C1CC1. The molecule has 2 unspecified atom stereocenters. The highest BCUT2D eigenvalue weighted by molar-refractivity contribution is 9.10. The predicted octanol–water partition coefficient (Wildman–Crippen LogP) is 3.18. The summed E-state index contributed by atoms with van der Waals surface area (Å²) in [5.41, 5.74) is -0.337. The predicted molar refractivity (Wildman–Crippen MR) is 90.1 cm³/mol. The number of alkyl halides is 1. The monoisotopic (exact) mass is 383 g/mol. The molecule has 5 heteroatoms. The lowest BCUT2D eigenvalue weighted by Gasteiger charge is -2.58. The third-order valence-electron chi connectivity index (χ3n) is 6.47. The van der Waals surface area contributed by atoms with Crippen molar-refractivity contribution < 1.29 is 14.3 Å². The molecular weight excluding hydrogens is 358 g/mol. The third kappa shape index (κ3) is 3.06. The summed E-state index contributed by atoms with van der Waals surface area (Å²) in [5, 5.41) is 2.95. The third-order valence-corrected chi connectivity index (χ3v) is 7.40. The number of esters is 1. The fourth-order valence-electron chi connectivity index (χ4n) is 5.68. The number of hydrogen-bond donors (Lipinski definition) is 1. The Bertz CT molecular complexity index is 516. The molecule has 1 amide bonds. The number of carbonyl (C=O) groups is 2. The van der Waals surface area contributed by atoms with Gasteiger partial charge in [-0.25, -0.2) is 0 Å². The van der Waals surface area contributed by atoms with E-state index >= 15 is 0 Å². The van der Waals surface area contributed by atoms with Crippen LogP contribution in [0.1, 0.15) is 58.3 Å². The molecule has 5 atom stereocenters. The van der Waals surface area contributed by atoms with Crippen molar-refractivity contribution in [2.45, 2.75) is 68.7 Å². The van der Waals surface area contributed by atoms with Gasteiger partial charge >= 0.3 is 5.97 Å². The second-order valence-electron chi connectivity index (χ2n) is 8.66. The molecule has 5 aliphatic carbocycles. The first-order valence-electron chi connectivity index (χ1n) is 9.03. The molecule has 0 aromatic rings. The molecule has 1 N–H and O–H groups in total. The topological polar surface area (TPSA) is 55.4 Å². The molecule has 0 aromatic heterocycles. The summed E-state index contributed by atoms with van der Waals surface area (Å²) in [4.78, 5) is 24.7. The molecule has 4 bridgehead atoms. The molecule has 23 heavy (non-hydrogen) atoms. The van der Waals surface area contributed by atoms with E-state index in [9.17, 15) is 9.59 Å². The van der Waals surface area contributed by atoms with Gasteiger partial charge in [0, 0.05) is 10.4 Å². The summed E-state index contributed by atoms with van der Waals surface area (Å²) >= 11 is 3.91. The molecule has 128 valence electrons. The van der Waals surface area contributed by atoms with E-state index in [-0.39, 0.29) is 34.3 Å². The maximum absolute atomic E-state index is 12.8. The van der Waals surface area contributed by atoms with Crippen LogP contribution in [0, 0.1) is 23.2 Å². The first-order chi connectivity index (χ1) is 10.9. The summed E-state index contributed by atoms with van der Waals surface area (Å²) in [7, 11) is 0. The number of carbonyl (C=O) groups excluding carboxylic acids is 2. The number of halogens is 1. The van der Waals surface area contributed by atoms with Crippen molar-refractivity contribution in [3.8, 4) is 0 Å². The summed E-state index contributed by atoms with van der Waals surface area (Å²) in [5.74, 6) is 1.62. The molecule has 5 saturated carbocycles. The van der Waals surface area contributed by atoms with Crippen LogP contribution in [0.3, 0.4) is 0 Å². The first kappa shape index (κ1) is 15.9. The number of amides is 1. The van der Waals surface area contributed by atoms with Crippen LogP contribution in [0.2, 0.25) is 0 Å².